The quantitative estimate of drug-likeness (QED) is 0.813. The monoisotopic (exact) mass is 366 g/mol. The Morgan fingerprint density at radius 1 is 1.12 bits per heavy atom. The van der Waals surface area contributed by atoms with E-state index in [2.05, 4.69) is 42.7 Å². The zero-order valence-electron chi connectivity index (χ0n) is 15.6. The van der Waals surface area contributed by atoms with E-state index in [0.717, 1.165) is 38.8 Å². The predicted molar refractivity (Wildman–Crippen MR) is 103 cm³/mol. The van der Waals surface area contributed by atoms with E-state index in [4.69, 9.17) is 4.74 Å². The number of rotatable bonds is 6. The van der Waals surface area contributed by atoms with Gasteiger partial charge in [0.2, 0.25) is 5.91 Å². The average molecular weight is 367 g/mol. The zero-order valence-corrected chi connectivity index (χ0v) is 16.4. The molecule has 0 unspecified atom stereocenters. The maximum Gasteiger partial charge on any atom is 0.230 e. The first-order valence-corrected chi connectivity index (χ1v) is 9.07. The Morgan fingerprint density at radius 2 is 1.72 bits per heavy atom. The minimum Gasteiger partial charge on any atom is -0.384 e. The Hall–Kier alpha value is -1.10. The zero-order chi connectivity index (χ0) is 17.2. The number of aryl methyl sites for hydroxylation is 2. The molecule has 0 radical (unpaired) electrons. The number of amides is 1. The Kier molecular flexibility index (Phi) is 6.52. The van der Waals surface area contributed by atoms with Crippen LogP contribution in [0.5, 0.6) is 0 Å². The van der Waals surface area contributed by atoms with Crippen LogP contribution in [0.1, 0.15) is 42.4 Å². The van der Waals surface area contributed by atoms with Crippen LogP contribution in [0.2, 0.25) is 0 Å². The van der Waals surface area contributed by atoms with Crippen molar-refractivity contribution in [2.75, 3.05) is 33.4 Å². The van der Waals surface area contributed by atoms with Crippen LogP contribution >= 0.6 is 12.4 Å². The van der Waals surface area contributed by atoms with Crippen molar-refractivity contribution in [1.29, 1.82) is 0 Å². The number of carbonyl (C=O) groups is 1. The van der Waals surface area contributed by atoms with E-state index in [9.17, 15) is 4.79 Å². The van der Waals surface area contributed by atoms with Crippen LogP contribution < -0.4 is 10.6 Å². The number of methoxy groups -OCH3 is 1. The maximum atomic E-state index is 13.0. The fraction of sp³-hybridized carbons (Fsp3) is 0.650. The summed E-state index contributed by atoms with van der Waals surface area (Å²) >= 11 is 0. The molecule has 25 heavy (non-hydrogen) atoms. The molecular formula is C20H31ClN2O2. The van der Waals surface area contributed by atoms with Crippen molar-refractivity contribution in [2.45, 2.75) is 44.9 Å². The standard InChI is InChI=1S/C20H30N2O2.ClH/c1-15-10-16(2)12-17(11-15)20(4-5-20)18(23)22-13-19(14-24-3)6-8-21-9-7-19;/h10-12,21H,4-9,13-14H2,1-3H3,(H,22,23);1H. The van der Waals surface area contributed by atoms with Crippen molar-refractivity contribution < 1.29 is 9.53 Å². The fourth-order valence-corrected chi connectivity index (χ4v) is 4.10. The number of ether oxygens (including phenoxy) is 1. The lowest BCUT2D eigenvalue weighted by Crippen LogP contribution is -2.49. The Labute approximate surface area is 157 Å². The molecule has 0 atom stereocenters. The summed E-state index contributed by atoms with van der Waals surface area (Å²) in [6.07, 6.45) is 4.02. The third kappa shape index (κ3) is 4.36. The predicted octanol–water partition coefficient (Wildman–Crippen LogP) is 2.89. The maximum absolute atomic E-state index is 13.0. The minimum atomic E-state index is -0.294. The molecule has 1 aliphatic heterocycles. The van der Waals surface area contributed by atoms with Gasteiger partial charge in [-0.3, -0.25) is 4.79 Å². The average Bonchev–Trinajstić information content (AvgIpc) is 3.35. The van der Waals surface area contributed by atoms with Gasteiger partial charge in [0.15, 0.2) is 0 Å². The second kappa shape index (κ2) is 8.07. The van der Waals surface area contributed by atoms with E-state index in [1.807, 2.05) is 0 Å². The first kappa shape index (κ1) is 20.2. The highest BCUT2D eigenvalue weighted by Gasteiger charge is 2.51. The van der Waals surface area contributed by atoms with Gasteiger partial charge in [0.05, 0.1) is 12.0 Å². The molecule has 0 aromatic heterocycles. The summed E-state index contributed by atoms with van der Waals surface area (Å²) in [4.78, 5) is 13.0. The molecule has 2 N–H and O–H groups in total. The van der Waals surface area contributed by atoms with Gasteiger partial charge in [0.1, 0.15) is 0 Å². The van der Waals surface area contributed by atoms with E-state index in [-0.39, 0.29) is 29.1 Å². The topological polar surface area (TPSA) is 50.4 Å². The van der Waals surface area contributed by atoms with Crippen LogP contribution in [0, 0.1) is 19.3 Å². The van der Waals surface area contributed by atoms with Gasteiger partial charge >= 0.3 is 0 Å². The molecule has 1 aromatic carbocycles. The normalized spacial score (nSPS) is 20.4. The van der Waals surface area contributed by atoms with Gasteiger partial charge < -0.3 is 15.4 Å². The van der Waals surface area contributed by atoms with Crippen LogP contribution in [-0.2, 0) is 14.9 Å². The summed E-state index contributed by atoms with van der Waals surface area (Å²) < 4.78 is 5.46. The number of piperidine rings is 1. The molecule has 1 saturated carbocycles. The number of nitrogens with one attached hydrogen (secondary N) is 2. The van der Waals surface area contributed by atoms with Crippen molar-refractivity contribution in [3.63, 3.8) is 0 Å². The van der Waals surface area contributed by atoms with Crippen molar-refractivity contribution in [3.8, 4) is 0 Å². The summed E-state index contributed by atoms with van der Waals surface area (Å²) in [6, 6.07) is 6.52. The Balaban J connectivity index is 0.00000225. The summed E-state index contributed by atoms with van der Waals surface area (Å²) in [5.41, 5.74) is 3.44. The lowest BCUT2D eigenvalue weighted by molar-refractivity contribution is -0.124. The SMILES string of the molecule is COCC1(CNC(=O)C2(c3cc(C)cc(C)c3)CC2)CCNCC1.Cl. The molecule has 2 aliphatic rings. The second-order valence-electron chi connectivity index (χ2n) is 7.82. The number of benzene rings is 1. The molecule has 0 spiro atoms. The van der Waals surface area contributed by atoms with Gasteiger partial charge in [0.25, 0.3) is 0 Å². The Bertz CT molecular complexity index is 582. The lowest BCUT2D eigenvalue weighted by Gasteiger charge is -2.37. The highest BCUT2D eigenvalue weighted by Crippen LogP contribution is 2.49. The second-order valence-corrected chi connectivity index (χ2v) is 7.82. The molecule has 0 bridgehead atoms. The van der Waals surface area contributed by atoms with E-state index >= 15 is 0 Å². The van der Waals surface area contributed by atoms with Crippen LogP contribution in [-0.4, -0.2) is 39.3 Å². The van der Waals surface area contributed by atoms with Crippen LogP contribution in [0.15, 0.2) is 18.2 Å². The highest BCUT2D eigenvalue weighted by atomic mass is 35.5. The van der Waals surface area contributed by atoms with E-state index in [1.165, 1.54) is 16.7 Å². The van der Waals surface area contributed by atoms with Crippen LogP contribution in [0.4, 0.5) is 0 Å². The summed E-state index contributed by atoms with van der Waals surface area (Å²) in [5.74, 6) is 0.196. The molecular weight excluding hydrogens is 336 g/mol. The van der Waals surface area contributed by atoms with Crippen LogP contribution in [0.3, 0.4) is 0 Å². The van der Waals surface area contributed by atoms with Crippen LogP contribution in [0.25, 0.3) is 0 Å². The number of carbonyl (C=O) groups excluding carboxylic acids is 1. The van der Waals surface area contributed by atoms with E-state index in [1.54, 1.807) is 7.11 Å². The van der Waals surface area contributed by atoms with Gasteiger partial charge in [-0.25, -0.2) is 0 Å². The van der Waals surface area contributed by atoms with Crippen molar-refractivity contribution in [1.82, 2.24) is 10.6 Å². The molecule has 1 saturated heterocycles. The molecule has 1 amide bonds. The molecule has 3 rings (SSSR count). The van der Waals surface area contributed by atoms with Gasteiger partial charge in [-0.1, -0.05) is 29.3 Å². The highest BCUT2D eigenvalue weighted by molar-refractivity contribution is 5.91. The number of halogens is 1. The summed E-state index contributed by atoms with van der Waals surface area (Å²) in [6.45, 7) is 7.64. The van der Waals surface area contributed by atoms with Gasteiger partial charge in [0, 0.05) is 19.1 Å². The van der Waals surface area contributed by atoms with Crippen molar-refractivity contribution in [2.24, 2.45) is 5.41 Å². The molecule has 1 aliphatic carbocycles. The van der Waals surface area contributed by atoms with Crippen molar-refractivity contribution >= 4 is 18.3 Å². The fourth-order valence-electron chi connectivity index (χ4n) is 4.10. The lowest BCUT2D eigenvalue weighted by atomic mass is 9.79. The summed E-state index contributed by atoms with van der Waals surface area (Å²) in [7, 11) is 1.75. The molecule has 5 heteroatoms. The summed E-state index contributed by atoms with van der Waals surface area (Å²) in [5, 5.41) is 6.67. The largest absolute Gasteiger partial charge is 0.384 e. The molecule has 4 nitrogen and oxygen atoms in total. The smallest absolute Gasteiger partial charge is 0.230 e. The molecule has 1 heterocycles. The molecule has 2 fully saturated rings. The third-order valence-corrected chi connectivity index (χ3v) is 5.70. The minimum absolute atomic E-state index is 0. The van der Waals surface area contributed by atoms with Crippen molar-refractivity contribution in [3.05, 3.63) is 34.9 Å². The Morgan fingerprint density at radius 3 is 2.24 bits per heavy atom. The molecule has 1 aromatic rings. The van der Waals surface area contributed by atoms with E-state index in [0.29, 0.717) is 13.2 Å². The van der Waals surface area contributed by atoms with Gasteiger partial charge in [-0.05, 0) is 58.2 Å². The van der Waals surface area contributed by atoms with Gasteiger partial charge in [-0.15, -0.1) is 12.4 Å². The third-order valence-electron chi connectivity index (χ3n) is 5.70. The number of hydrogen-bond donors (Lipinski definition) is 2. The molecule has 140 valence electrons. The first-order valence-electron chi connectivity index (χ1n) is 9.07. The van der Waals surface area contributed by atoms with E-state index < -0.39 is 0 Å². The first-order chi connectivity index (χ1) is 11.5. The van der Waals surface area contributed by atoms with Gasteiger partial charge in [-0.2, -0.15) is 0 Å². The number of hydrogen-bond acceptors (Lipinski definition) is 3.